The zero-order valence-electron chi connectivity index (χ0n) is 26.3. The molecule has 0 bridgehead atoms. The molecular formula is C46H31NO. The molecule has 1 aromatic heterocycles. The highest BCUT2D eigenvalue weighted by atomic mass is 16.3. The molecule has 0 fully saturated rings. The van der Waals surface area contributed by atoms with E-state index in [-0.39, 0.29) is 0 Å². The zero-order chi connectivity index (χ0) is 31.9. The Morgan fingerprint density at radius 2 is 0.854 bits per heavy atom. The second-order valence-corrected chi connectivity index (χ2v) is 12.2. The van der Waals surface area contributed by atoms with Gasteiger partial charge in [-0.05, 0) is 75.7 Å². The molecule has 0 unspecified atom stereocenters. The van der Waals surface area contributed by atoms with Gasteiger partial charge in [-0.3, -0.25) is 0 Å². The van der Waals surface area contributed by atoms with Gasteiger partial charge in [-0.25, -0.2) is 0 Å². The first-order chi connectivity index (χ1) is 23.8. The molecule has 0 aliphatic carbocycles. The van der Waals surface area contributed by atoms with Crippen LogP contribution in [0.5, 0.6) is 0 Å². The Morgan fingerprint density at radius 1 is 0.354 bits per heavy atom. The minimum absolute atomic E-state index is 0.878. The van der Waals surface area contributed by atoms with Crippen molar-refractivity contribution in [2.45, 2.75) is 0 Å². The maximum Gasteiger partial charge on any atom is 0.143 e. The molecule has 0 saturated heterocycles. The van der Waals surface area contributed by atoms with E-state index in [0.717, 1.165) is 55.5 Å². The first-order valence-electron chi connectivity index (χ1n) is 16.3. The van der Waals surface area contributed by atoms with Crippen LogP contribution in [0.15, 0.2) is 192 Å². The van der Waals surface area contributed by atoms with E-state index >= 15 is 0 Å². The number of benzene rings is 8. The highest BCUT2D eigenvalue weighted by Crippen LogP contribution is 2.46. The van der Waals surface area contributed by atoms with Crippen LogP contribution in [0.1, 0.15) is 0 Å². The number of anilines is 3. The van der Waals surface area contributed by atoms with Crippen LogP contribution in [0.25, 0.3) is 66.1 Å². The maximum atomic E-state index is 6.68. The van der Waals surface area contributed by atoms with Crippen LogP contribution in [-0.4, -0.2) is 0 Å². The molecule has 2 heteroatoms. The Balaban J connectivity index is 1.29. The largest absolute Gasteiger partial charge is 0.455 e. The van der Waals surface area contributed by atoms with E-state index in [4.69, 9.17) is 4.42 Å². The lowest BCUT2D eigenvalue weighted by atomic mass is 9.98. The Hall–Kier alpha value is -6.38. The van der Waals surface area contributed by atoms with Gasteiger partial charge >= 0.3 is 0 Å². The van der Waals surface area contributed by atoms with Gasteiger partial charge in [0.1, 0.15) is 11.2 Å². The summed E-state index contributed by atoms with van der Waals surface area (Å²) in [5.74, 6) is 0. The van der Waals surface area contributed by atoms with E-state index in [9.17, 15) is 0 Å². The number of hydrogen-bond acceptors (Lipinski definition) is 2. The molecule has 0 radical (unpaired) electrons. The molecule has 8 aromatic carbocycles. The average Bonchev–Trinajstić information content (AvgIpc) is 3.54. The number of fused-ring (bicyclic) bond motifs is 5. The molecule has 48 heavy (non-hydrogen) atoms. The standard InChI is InChI=1S/C46H31NO/c1-4-12-32(13-5-1)34-20-25-38(26-21-34)47(39-27-22-35(23-28-39)33-14-6-2-7-15-33)44-30-43-41-29-24-37-18-10-11-19-40(37)46(41)48-45(43)31-42(44)36-16-8-3-9-17-36/h1-31H. The third kappa shape index (κ3) is 4.92. The summed E-state index contributed by atoms with van der Waals surface area (Å²) in [6.45, 7) is 0. The van der Waals surface area contributed by atoms with Gasteiger partial charge < -0.3 is 9.32 Å². The quantitative estimate of drug-likeness (QED) is 0.185. The summed E-state index contributed by atoms with van der Waals surface area (Å²) in [6, 6.07) is 66.9. The normalized spacial score (nSPS) is 11.3. The van der Waals surface area contributed by atoms with Crippen LogP contribution in [0.3, 0.4) is 0 Å². The summed E-state index contributed by atoms with van der Waals surface area (Å²) in [4.78, 5) is 2.38. The Bertz CT molecular complexity index is 2430. The fourth-order valence-electron chi connectivity index (χ4n) is 6.87. The molecule has 0 aliphatic rings. The van der Waals surface area contributed by atoms with Crippen molar-refractivity contribution in [2.24, 2.45) is 0 Å². The fraction of sp³-hybridized carbons (Fsp3) is 0. The predicted octanol–water partition coefficient (Wildman–Crippen LogP) is 13.2. The Labute approximate surface area is 279 Å². The molecule has 1 heterocycles. The number of nitrogens with zero attached hydrogens (tertiary/aromatic N) is 1. The summed E-state index contributed by atoms with van der Waals surface area (Å²) in [6.07, 6.45) is 0. The summed E-state index contributed by atoms with van der Waals surface area (Å²) < 4.78 is 6.68. The molecule has 0 amide bonds. The van der Waals surface area contributed by atoms with Crippen LogP contribution >= 0.6 is 0 Å². The van der Waals surface area contributed by atoms with Gasteiger partial charge in [-0.15, -0.1) is 0 Å². The van der Waals surface area contributed by atoms with Gasteiger partial charge in [0, 0.05) is 33.1 Å². The van der Waals surface area contributed by atoms with Crippen molar-refractivity contribution in [3.8, 4) is 33.4 Å². The SMILES string of the molecule is c1ccc(-c2ccc(N(c3ccc(-c4ccccc4)cc3)c3cc4c(cc3-c3ccccc3)oc3c5ccccc5ccc43)cc2)cc1. The molecule has 0 spiro atoms. The number of hydrogen-bond donors (Lipinski definition) is 0. The maximum absolute atomic E-state index is 6.68. The van der Waals surface area contributed by atoms with E-state index in [0.29, 0.717) is 0 Å². The predicted molar refractivity (Wildman–Crippen MR) is 202 cm³/mol. The third-order valence-electron chi connectivity index (χ3n) is 9.27. The van der Waals surface area contributed by atoms with Crippen LogP contribution < -0.4 is 4.90 Å². The van der Waals surface area contributed by atoms with Gasteiger partial charge in [-0.1, -0.05) is 146 Å². The molecule has 2 nitrogen and oxygen atoms in total. The Morgan fingerprint density at radius 3 is 1.44 bits per heavy atom. The van der Waals surface area contributed by atoms with Crippen molar-refractivity contribution < 1.29 is 4.42 Å². The monoisotopic (exact) mass is 613 g/mol. The van der Waals surface area contributed by atoms with E-state index in [2.05, 4.69) is 193 Å². The lowest BCUT2D eigenvalue weighted by Gasteiger charge is -2.28. The third-order valence-corrected chi connectivity index (χ3v) is 9.27. The molecule has 0 atom stereocenters. The molecule has 0 N–H and O–H groups in total. The molecule has 9 rings (SSSR count). The lowest BCUT2D eigenvalue weighted by Crippen LogP contribution is -2.11. The van der Waals surface area contributed by atoms with Gasteiger partial charge in [-0.2, -0.15) is 0 Å². The number of rotatable bonds is 6. The van der Waals surface area contributed by atoms with Crippen molar-refractivity contribution >= 4 is 49.8 Å². The van der Waals surface area contributed by atoms with Crippen molar-refractivity contribution in [1.29, 1.82) is 0 Å². The second kappa shape index (κ2) is 11.8. The van der Waals surface area contributed by atoms with Gasteiger partial charge in [0.15, 0.2) is 0 Å². The minimum atomic E-state index is 0.878. The van der Waals surface area contributed by atoms with E-state index in [1.54, 1.807) is 0 Å². The van der Waals surface area contributed by atoms with Crippen molar-refractivity contribution in [3.63, 3.8) is 0 Å². The van der Waals surface area contributed by atoms with E-state index < -0.39 is 0 Å². The lowest BCUT2D eigenvalue weighted by molar-refractivity contribution is 0.673. The average molecular weight is 614 g/mol. The summed E-state index contributed by atoms with van der Waals surface area (Å²) >= 11 is 0. The smallest absolute Gasteiger partial charge is 0.143 e. The van der Waals surface area contributed by atoms with E-state index in [1.165, 1.54) is 27.6 Å². The molecule has 0 aliphatic heterocycles. The highest BCUT2D eigenvalue weighted by Gasteiger charge is 2.21. The first-order valence-corrected chi connectivity index (χ1v) is 16.3. The van der Waals surface area contributed by atoms with Crippen molar-refractivity contribution in [1.82, 2.24) is 0 Å². The van der Waals surface area contributed by atoms with Crippen LogP contribution in [0.4, 0.5) is 17.1 Å². The highest BCUT2D eigenvalue weighted by molar-refractivity contribution is 6.16. The van der Waals surface area contributed by atoms with Crippen LogP contribution in [0.2, 0.25) is 0 Å². The minimum Gasteiger partial charge on any atom is -0.455 e. The summed E-state index contributed by atoms with van der Waals surface area (Å²) in [5, 5.41) is 4.51. The zero-order valence-corrected chi connectivity index (χ0v) is 26.3. The molecule has 226 valence electrons. The first kappa shape index (κ1) is 27.9. The van der Waals surface area contributed by atoms with Crippen LogP contribution in [-0.2, 0) is 0 Å². The van der Waals surface area contributed by atoms with Gasteiger partial charge in [0.25, 0.3) is 0 Å². The topological polar surface area (TPSA) is 16.4 Å². The molecule has 9 aromatic rings. The Kier molecular flexibility index (Phi) is 6.84. The summed E-state index contributed by atoms with van der Waals surface area (Å²) in [5.41, 5.74) is 12.1. The fourth-order valence-corrected chi connectivity index (χ4v) is 6.87. The number of furan rings is 1. The molecule has 0 saturated carbocycles. The van der Waals surface area contributed by atoms with Crippen LogP contribution in [0, 0.1) is 0 Å². The van der Waals surface area contributed by atoms with Gasteiger partial charge in [0.05, 0.1) is 5.69 Å². The van der Waals surface area contributed by atoms with Crippen molar-refractivity contribution in [2.75, 3.05) is 4.90 Å². The molecular weight excluding hydrogens is 583 g/mol. The second-order valence-electron chi connectivity index (χ2n) is 12.2. The van der Waals surface area contributed by atoms with Crippen molar-refractivity contribution in [3.05, 3.63) is 188 Å². The summed E-state index contributed by atoms with van der Waals surface area (Å²) in [7, 11) is 0. The van der Waals surface area contributed by atoms with Gasteiger partial charge in [0.2, 0.25) is 0 Å². The van der Waals surface area contributed by atoms with E-state index in [1.807, 2.05) is 0 Å².